The Morgan fingerprint density at radius 1 is 1.25 bits per heavy atom. The summed E-state index contributed by atoms with van der Waals surface area (Å²) in [6, 6.07) is 9.46. The lowest BCUT2D eigenvalue weighted by Crippen LogP contribution is -2.26. The maximum atomic E-state index is 11.3. The quantitative estimate of drug-likeness (QED) is 0.921. The van der Waals surface area contributed by atoms with Crippen molar-refractivity contribution in [3.63, 3.8) is 0 Å². The molecule has 1 fully saturated rings. The van der Waals surface area contributed by atoms with Crippen LogP contribution in [-0.2, 0) is 0 Å². The van der Waals surface area contributed by atoms with Crippen LogP contribution in [0, 0.1) is 0 Å². The molecule has 3 rings (SSSR count). The summed E-state index contributed by atoms with van der Waals surface area (Å²) >= 11 is 1.96. The molecule has 1 aromatic carbocycles. The lowest BCUT2D eigenvalue weighted by Gasteiger charge is -2.24. The molecule has 0 amide bonds. The Labute approximate surface area is 121 Å². The van der Waals surface area contributed by atoms with Gasteiger partial charge < -0.3 is 10.0 Å². The van der Waals surface area contributed by atoms with E-state index < -0.39 is 5.97 Å². The third-order valence-electron chi connectivity index (χ3n) is 3.48. The second kappa shape index (κ2) is 5.71. The Bertz CT molecular complexity index is 637. The number of benzene rings is 1. The van der Waals surface area contributed by atoms with E-state index in [1.165, 1.54) is 5.75 Å². The maximum Gasteiger partial charge on any atom is 0.354 e. The molecule has 4 nitrogen and oxygen atoms in total. The van der Waals surface area contributed by atoms with Crippen molar-refractivity contribution in [1.29, 1.82) is 0 Å². The molecule has 104 valence electrons. The molecule has 0 saturated carbocycles. The molecule has 1 aliphatic rings. The van der Waals surface area contributed by atoms with E-state index in [0.717, 1.165) is 41.9 Å². The minimum absolute atomic E-state index is 0.121. The lowest BCUT2D eigenvalue weighted by atomic mass is 10.1. The van der Waals surface area contributed by atoms with Crippen molar-refractivity contribution >= 4 is 34.3 Å². The second-order valence-electron chi connectivity index (χ2n) is 4.80. The van der Waals surface area contributed by atoms with E-state index >= 15 is 0 Å². The van der Waals surface area contributed by atoms with Crippen LogP contribution in [0.4, 0.5) is 5.69 Å². The molecule has 1 aromatic heterocycles. The number of rotatable bonds is 2. The minimum Gasteiger partial charge on any atom is -0.477 e. The molecule has 1 N–H and O–H groups in total. The first-order valence-corrected chi connectivity index (χ1v) is 7.87. The zero-order chi connectivity index (χ0) is 13.9. The van der Waals surface area contributed by atoms with Gasteiger partial charge in [-0.3, -0.25) is 0 Å². The molecule has 1 aliphatic heterocycles. The predicted octanol–water partition coefficient (Wildman–Crippen LogP) is 2.88. The average molecular weight is 288 g/mol. The van der Waals surface area contributed by atoms with Gasteiger partial charge in [-0.2, -0.15) is 11.8 Å². The van der Waals surface area contributed by atoms with E-state index in [2.05, 4.69) is 9.88 Å². The van der Waals surface area contributed by atoms with Crippen LogP contribution in [0.3, 0.4) is 0 Å². The van der Waals surface area contributed by atoms with Gasteiger partial charge in [-0.15, -0.1) is 0 Å². The molecule has 0 bridgehead atoms. The van der Waals surface area contributed by atoms with Gasteiger partial charge in [0.15, 0.2) is 5.69 Å². The van der Waals surface area contributed by atoms with Crippen molar-refractivity contribution in [1.82, 2.24) is 4.98 Å². The van der Waals surface area contributed by atoms with Gasteiger partial charge in [0.05, 0.1) is 5.52 Å². The molecule has 0 aliphatic carbocycles. The molecule has 0 atom stereocenters. The summed E-state index contributed by atoms with van der Waals surface area (Å²) in [5.74, 6) is 1.28. The number of anilines is 1. The molecule has 1 saturated heterocycles. The molecule has 20 heavy (non-hydrogen) atoms. The smallest absolute Gasteiger partial charge is 0.354 e. The summed E-state index contributed by atoms with van der Waals surface area (Å²) in [4.78, 5) is 17.8. The number of carbonyl (C=O) groups is 1. The number of para-hydroxylation sites is 1. The summed E-state index contributed by atoms with van der Waals surface area (Å²) in [7, 11) is 0. The van der Waals surface area contributed by atoms with Gasteiger partial charge >= 0.3 is 5.97 Å². The number of aromatic carboxylic acids is 1. The Hall–Kier alpha value is -1.75. The molecule has 0 unspecified atom stereocenters. The summed E-state index contributed by atoms with van der Waals surface area (Å²) in [5.41, 5.74) is 1.87. The monoisotopic (exact) mass is 288 g/mol. The van der Waals surface area contributed by atoms with Crippen LogP contribution in [-0.4, -0.2) is 40.7 Å². The Kier molecular flexibility index (Phi) is 3.78. The van der Waals surface area contributed by atoms with E-state index in [-0.39, 0.29) is 5.69 Å². The highest BCUT2D eigenvalue weighted by molar-refractivity contribution is 7.99. The number of pyridine rings is 1. The van der Waals surface area contributed by atoms with Gasteiger partial charge in [-0.25, -0.2) is 9.78 Å². The van der Waals surface area contributed by atoms with Crippen LogP contribution in [0.2, 0.25) is 0 Å². The van der Waals surface area contributed by atoms with Crippen LogP contribution in [0.5, 0.6) is 0 Å². The third-order valence-corrected chi connectivity index (χ3v) is 4.52. The highest BCUT2D eigenvalue weighted by Gasteiger charge is 2.16. The Morgan fingerprint density at radius 3 is 2.95 bits per heavy atom. The number of nitrogens with zero attached hydrogens (tertiary/aromatic N) is 2. The fraction of sp³-hybridized carbons (Fsp3) is 0.333. The zero-order valence-corrected chi connectivity index (χ0v) is 11.9. The van der Waals surface area contributed by atoms with E-state index in [1.807, 2.05) is 36.0 Å². The van der Waals surface area contributed by atoms with Crippen molar-refractivity contribution in [2.24, 2.45) is 0 Å². The van der Waals surface area contributed by atoms with Gasteiger partial charge in [0.2, 0.25) is 0 Å². The van der Waals surface area contributed by atoms with Gasteiger partial charge in [-0.05, 0) is 24.3 Å². The third kappa shape index (κ3) is 2.58. The molecular formula is C15H16N2O2S. The van der Waals surface area contributed by atoms with E-state index in [1.54, 1.807) is 6.07 Å². The summed E-state index contributed by atoms with van der Waals surface area (Å²) < 4.78 is 0. The predicted molar refractivity (Wildman–Crippen MR) is 82.9 cm³/mol. The Balaban J connectivity index is 2.13. The average Bonchev–Trinajstić information content (AvgIpc) is 2.75. The zero-order valence-electron chi connectivity index (χ0n) is 11.1. The Morgan fingerprint density at radius 2 is 2.10 bits per heavy atom. The van der Waals surface area contributed by atoms with Gasteiger partial charge in [0.1, 0.15) is 0 Å². The summed E-state index contributed by atoms with van der Waals surface area (Å²) in [6.45, 7) is 1.93. The van der Waals surface area contributed by atoms with Crippen molar-refractivity contribution in [2.75, 3.05) is 29.5 Å². The van der Waals surface area contributed by atoms with E-state index in [9.17, 15) is 9.90 Å². The molecule has 2 aromatic rings. The molecule has 2 heterocycles. The fourth-order valence-corrected chi connectivity index (χ4v) is 3.40. The molecule has 0 spiro atoms. The number of fused-ring (bicyclic) bond motifs is 1. The SMILES string of the molecule is O=C(O)c1cc(N2CCCSCC2)c2ccccc2n1. The van der Waals surface area contributed by atoms with E-state index in [0.29, 0.717) is 0 Å². The van der Waals surface area contributed by atoms with Crippen LogP contribution in [0.1, 0.15) is 16.9 Å². The first-order chi connectivity index (χ1) is 9.75. The van der Waals surface area contributed by atoms with Crippen molar-refractivity contribution in [3.8, 4) is 0 Å². The van der Waals surface area contributed by atoms with Gasteiger partial charge in [0, 0.05) is 29.9 Å². The standard InChI is InChI=1S/C15H16N2O2S/c18-15(19)13-10-14(17-6-3-8-20-9-7-17)11-4-1-2-5-12(11)16-13/h1-2,4-5,10H,3,6-9H2,(H,18,19). The largest absolute Gasteiger partial charge is 0.477 e. The highest BCUT2D eigenvalue weighted by Crippen LogP contribution is 2.28. The van der Waals surface area contributed by atoms with Gasteiger partial charge in [0.25, 0.3) is 0 Å². The number of hydrogen-bond donors (Lipinski definition) is 1. The number of aromatic nitrogens is 1. The molecule has 5 heteroatoms. The topological polar surface area (TPSA) is 53.4 Å². The van der Waals surface area contributed by atoms with Crippen LogP contribution >= 0.6 is 11.8 Å². The number of carboxylic acids is 1. The minimum atomic E-state index is -0.971. The first-order valence-electron chi connectivity index (χ1n) is 6.71. The molecule has 0 radical (unpaired) electrons. The number of thioether (sulfide) groups is 1. The van der Waals surface area contributed by atoms with Crippen LogP contribution in [0.15, 0.2) is 30.3 Å². The number of carboxylic acid groups (broad SMARTS) is 1. The second-order valence-corrected chi connectivity index (χ2v) is 6.03. The normalized spacial score (nSPS) is 16.1. The lowest BCUT2D eigenvalue weighted by molar-refractivity contribution is 0.0691. The van der Waals surface area contributed by atoms with Crippen LogP contribution in [0.25, 0.3) is 10.9 Å². The first kappa shape index (κ1) is 13.2. The van der Waals surface area contributed by atoms with Crippen molar-refractivity contribution in [3.05, 3.63) is 36.0 Å². The number of hydrogen-bond acceptors (Lipinski definition) is 4. The van der Waals surface area contributed by atoms with E-state index in [4.69, 9.17) is 0 Å². The highest BCUT2D eigenvalue weighted by atomic mass is 32.2. The molecular weight excluding hydrogens is 272 g/mol. The fourth-order valence-electron chi connectivity index (χ4n) is 2.52. The van der Waals surface area contributed by atoms with Gasteiger partial charge in [-0.1, -0.05) is 18.2 Å². The summed E-state index contributed by atoms with van der Waals surface area (Å²) in [5, 5.41) is 10.3. The summed E-state index contributed by atoms with van der Waals surface area (Å²) in [6.07, 6.45) is 1.13. The van der Waals surface area contributed by atoms with Crippen molar-refractivity contribution in [2.45, 2.75) is 6.42 Å². The van der Waals surface area contributed by atoms with Crippen LogP contribution < -0.4 is 4.90 Å². The maximum absolute atomic E-state index is 11.3. The van der Waals surface area contributed by atoms with Crippen molar-refractivity contribution < 1.29 is 9.90 Å².